The summed E-state index contributed by atoms with van der Waals surface area (Å²) >= 11 is 0. The second-order valence-electron chi connectivity index (χ2n) is 4.83. The van der Waals surface area contributed by atoms with Gasteiger partial charge in [0.15, 0.2) is 5.69 Å². The topological polar surface area (TPSA) is 69.2 Å². The Bertz CT molecular complexity index is 630. The van der Waals surface area contributed by atoms with Gasteiger partial charge >= 0.3 is 5.97 Å². The van der Waals surface area contributed by atoms with Crippen LogP contribution in [-0.4, -0.2) is 35.4 Å². The van der Waals surface area contributed by atoms with E-state index in [1.54, 1.807) is 0 Å². The molecule has 0 spiro atoms. The molecule has 0 bridgehead atoms. The van der Waals surface area contributed by atoms with Crippen molar-refractivity contribution in [1.29, 1.82) is 0 Å². The Labute approximate surface area is 111 Å². The number of nitrogens with one attached hydrogen (secondary N) is 1. The fourth-order valence-electron chi connectivity index (χ4n) is 2.10. The average molecular weight is 259 g/mol. The van der Waals surface area contributed by atoms with Crippen LogP contribution in [0.1, 0.15) is 21.7 Å². The monoisotopic (exact) mass is 259 g/mol. The standard InChI is InChI=1S/C14H17N3O2/c1-8-5-10(7-11(6-8)17(3)4)12-9(2)15-16-13(12)14(18)19/h5-7H,1-4H3,(H,15,16)(H,18,19). The lowest BCUT2D eigenvalue weighted by Crippen LogP contribution is -2.09. The van der Waals surface area contributed by atoms with E-state index >= 15 is 0 Å². The zero-order chi connectivity index (χ0) is 14.2. The van der Waals surface area contributed by atoms with Crippen molar-refractivity contribution in [3.8, 4) is 11.1 Å². The maximum Gasteiger partial charge on any atom is 0.357 e. The number of aromatic amines is 1. The van der Waals surface area contributed by atoms with Crippen LogP contribution >= 0.6 is 0 Å². The molecule has 0 aliphatic heterocycles. The summed E-state index contributed by atoms with van der Waals surface area (Å²) < 4.78 is 0. The molecule has 2 aromatic rings. The highest BCUT2D eigenvalue weighted by Crippen LogP contribution is 2.30. The molecular weight excluding hydrogens is 242 g/mol. The van der Waals surface area contributed by atoms with E-state index in [0.29, 0.717) is 5.56 Å². The second-order valence-corrected chi connectivity index (χ2v) is 4.83. The molecule has 0 saturated carbocycles. The van der Waals surface area contributed by atoms with Crippen molar-refractivity contribution in [2.24, 2.45) is 0 Å². The Morgan fingerprint density at radius 2 is 1.95 bits per heavy atom. The van der Waals surface area contributed by atoms with Crippen molar-refractivity contribution >= 4 is 11.7 Å². The maximum atomic E-state index is 11.2. The van der Waals surface area contributed by atoms with Gasteiger partial charge in [-0.15, -0.1) is 0 Å². The Balaban J connectivity index is 2.65. The van der Waals surface area contributed by atoms with Crippen molar-refractivity contribution in [3.05, 3.63) is 35.2 Å². The molecule has 1 heterocycles. The number of carboxylic acids is 1. The van der Waals surface area contributed by atoms with E-state index in [1.807, 2.05) is 45.0 Å². The van der Waals surface area contributed by atoms with Crippen molar-refractivity contribution in [3.63, 3.8) is 0 Å². The number of hydrogen-bond acceptors (Lipinski definition) is 3. The molecule has 100 valence electrons. The summed E-state index contributed by atoms with van der Waals surface area (Å²) in [5, 5.41) is 15.8. The van der Waals surface area contributed by atoms with Crippen LogP contribution in [0.15, 0.2) is 18.2 Å². The summed E-state index contributed by atoms with van der Waals surface area (Å²) in [6, 6.07) is 5.99. The van der Waals surface area contributed by atoms with Gasteiger partial charge < -0.3 is 10.0 Å². The number of anilines is 1. The van der Waals surface area contributed by atoms with E-state index in [2.05, 4.69) is 16.3 Å². The molecule has 0 aliphatic carbocycles. The van der Waals surface area contributed by atoms with Gasteiger partial charge in [-0.3, -0.25) is 5.10 Å². The highest BCUT2D eigenvalue weighted by molar-refractivity contribution is 5.95. The van der Waals surface area contributed by atoms with Gasteiger partial charge in [-0.05, 0) is 37.1 Å². The summed E-state index contributed by atoms with van der Waals surface area (Å²) in [6.45, 7) is 3.82. The number of rotatable bonds is 3. The number of H-pyrrole nitrogens is 1. The fourth-order valence-corrected chi connectivity index (χ4v) is 2.10. The summed E-state index contributed by atoms with van der Waals surface area (Å²) in [5.41, 5.74) is 4.46. The van der Waals surface area contributed by atoms with Crippen LogP contribution in [0.4, 0.5) is 5.69 Å². The first-order chi connectivity index (χ1) is 8.90. The molecule has 0 unspecified atom stereocenters. The van der Waals surface area contributed by atoms with Gasteiger partial charge in [0.25, 0.3) is 0 Å². The summed E-state index contributed by atoms with van der Waals surface area (Å²) in [4.78, 5) is 13.2. The van der Waals surface area contributed by atoms with E-state index in [4.69, 9.17) is 0 Å². The van der Waals surface area contributed by atoms with Crippen LogP contribution in [0.5, 0.6) is 0 Å². The van der Waals surface area contributed by atoms with E-state index in [1.165, 1.54) is 0 Å². The second kappa shape index (κ2) is 4.76. The third kappa shape index (κ3) is 2.45. The normalized spacial score (nSPS) is 10.5. The largest absolute Gasteiger partial charge is 0.476 e. The van der Waals surface area contributed by atoms with Crippen LogP contribution in [0.2, 0.25) is 0 Å². The molecule has 0 saturated heterocycles. The quantitative estimate of drug-likeness (QED) is 0.888. The van der Waals surface area contributed by atoms with Crippen molar-refractivity contribution in [2.45, 2.75) is 13.8 Å². The summed E-state index contributed by atoms with van der Waals surface area (Å²) in [7, 11) is 3.91. The maximum absolute atomic E-state index is 11.2. The number of carbonyl (C=O) groups is 1. The molecule has 1 aromatic carbocycles. The Morgan fingerprint density at radius 3 is 2.53 bits per heavy atom. The number of aryl methyl sites for hydroxylation is 2. The van der Waals surface area contributed by atoms with E-state index in [9.17, 15) is 9.90 Å². The van der Waals surface area contributed by atoms with Crippen LogP contribution < -0.4 is 4.90 Å². The molecule has 0 radical (unpaired) electrons. The highest BCUT2D eigenvalue weighted by atomic mass is 16.4. The lowest BCUT2D eigenvalue weighted by molar-refractivity contribution is 0.0691. The molecule has 5 heteroatoms. The number of hydrogen-bond donors (Lipinski definition) is 2. The van der Waals surface area contributed by atoms with Crippen LogP contribution in [0.25, 0.3) is 11.1 Å². The van der Waals surface area contributed by atoms with Crippen LogP contribution in [0.3, 0.4) is 0 Å². The summed E-state index contributed by atoms with van der Waals surface area (Å²) in [5.74, 6) is -1.02. The van der Waals surface area contributed by atoms with Gasteiger partial charge in [0.1, 0.15) is 0 Å². The predicted octanol–water partition coefficient (Wildman–Crippen LogP) is 2.46. The van der Waals surface area contributed by atoms with E-state index in [0.717, 1.165) is 22.5 Å². The first-order valence-corrected chi connectivity index (χ1v) is 5.98. The van der Waals surface area contributed by atoms with E-state index < -0.39 is 5.97 Å². The van der Waals surface area contributed by atoms with Crippen molar-refractivity contribution in [1.82, 2.24) is 10.2 Å². The highest BCUT2D eigenvalue weighted by Gasteiger charge is 2.18. The third-order valence-corrected chi connectivity index (χ3v) is 3.02. The summed E-state index contributed by atoms with van der Waals surface area (Å²) in [6.07, 6.45) is 0. The minimum absolute atomic E-state index is 0.0628. The zero-order valence-corrected chi connectivity index (χ0v) is 11.5. The van der Waals surface area contributed by atoms with Gasteiger partial charge in [-0.25, -0.2) is 4.79 Å². The van der Waals surface area contributed by atoms with Gasteiger partial charge in [-0.2, -0.15) is 5.10 Å². The Hall–Kier alpha value is -2.30. The Morgan fingerprint density at radius 1 is 1.26 bits per heavy atom. The molecule has 1 aromatic heterocycles. The molecule has 2 N–H and O–H groups in total. The van der Waals surface area contributed by atoms with Gasteiger partial charge in [0, 0.05) is 31.0 Å². The van der Waals surface area contributed by atoms with Crippen LogP contribution in [0, 0.1) is 13.8 Å². The molecular formula is C14H17N3O2. The van der Waals surface area contributed by atoms with Crippen LogP contribution in [-0.2, 0) is 0 Å². The molecule has 5 nitrogen and oxygen atoms in total. The number of aromatic nitrogens is 2. The first kappa shape index (κ1) is 13.1. The molecule has 0 atom stereocenters. The molecule has 0 fully saturated rings. The third-order valence-electron chi connectivity index (χ3n) is 3.02. The fraction of sp³-hybridized carbons (Fsp3) is 0.286. The molecule has 2 rings (SSSR count). The van der Waals surface area contributed by atoms with Gasteiger partial charge in [0.2, 0.25) is 0 Å². The SMILES string of the molecule is Cc1cc(-c2c(C(=O)O)n[nH]c2C)cc(N(C)C)c1. The molecule has 0 aliphatic rings. The number of nitrogens with zero attached hydrogens (tertiary/aromatic N) is 2. The molecule has 0 amide bonds. The zero-order valence-electron chi connectivity index (χ0n) is 11.5. The first-order valence-electron chi connectivity index (χ1n) is 5.98. The molecule has 19 heavy (non-hydrogen) atoms. The van der Waals surface area contributed by atoms with Gasteiger partial charge in [0.05, 0.1) is 0 Å². The lowest BCUT2D eigenvalue weighted by atomic mass is 10.0. The minimum atomic E-state index is -1.02. The Kier molecular flexibility index (Phi) is 3.29. The number of benzene rings is 1. The van der Waals surface area contributed by atoms with Gasteiger partial charge in [-0.1, -0.05) is 6.07 Å². The van der Waals surface area contributed by atoms with Crippen molar-refractivity contribution < 1.29 is 9.90 Å². The van der Waals surface area contributed by atoms with E-state index in [-0.39, 0.29) is 5.69 Å². The minimum Gasteiger partial charge on any atom is -0.476 e. The lowest BCUT2D eigenvalue weighted by Gasteiger charge is -2.15. The van der Waals surface area contributed by atoms with Crippen molar-refractivity contribution in [2.75, 3.05) is 19.0 Å². The number of aromatic carboxylic acids is 1. The average Bonchev–Trinajstić information content (AvgIpc) is 2.70. The smallest absolute Gasteiger partial charge is 0.357 e. The number of carboxylic acid groups (broad SMARTS) is 1. The predicted molar refractivity (Wildman–Crippen MR) is 74.8 cm³/mol.